The zero-order valence-corrected chi connectivity index (χ0v) is 17.3. The van der Waals surface area contributed by atoms with Crippen LogP contribution in [0.3, 0.4) is 0 Å². The Morgan fingerprint density at radius 2 is 1.93 bits per heavy atom. The van der Waals surface area contributed by atoms with Gasteiger partial charge >= 0.3 is 0 Å². The lowest BCUT2D eigenvalue weighted by Crippen LogP contribution is -2.31. The molecule has 0 fully saturated rings. The number of carbonyl (C=O) groups is 1. The van der Waals surface area contributed by atoms with Crippen LogP contribution < -0.4 is 15.4 Å². The van der Waals surface area contributed by atoms with Crippen molar-refractivity contribution < 1.29 is 9.53 Å². The maximum absolute atomic E-state index is 12.6. The summed E-state index contributed by atoms with van der Waals surface area (Å²) in [5.74, 6) is 0.555. The number of carbonyl (C=O) groups excluding carboxylic acids is 1. The highest BCUT2D eigenvalue weighted by molar-refractivity contribution is 7.10. The SMILES string of the molecule is CCc1ccc([C@H](NCC(=O)Nc2cc(C)ccc2OC)c2cccs2)cc1. The van der Waals surface area contributed by atoms with Gasteiger partial charge in [0.2, 0.25) is 5.91 Å². The molecular formula is C23H26N2O2S. The first kappa shape index (κ1) is 20.1. The van der Waals surface area contributed by atoms with Crippen molar-refractivity contribution in [3.05, 3.63) is 81.5 Å². The number of nitrogens with one attached hydrogen (secondary N) is 2. The van der Waals surface area contributed by atoms with Crippen LogP contribution in [-0.2, 0) is 11.2 Å². The lowest BCUT2D eigenvalue weighted by Gasteiger charge is -2.19. The topological polar surface area (TPSA) is 50.4 Å². The van der Waals surface area contributed by atoms with E-state index in [1.54, 1.807) is 18.4 Å². The fourth-order valence-corrected chi connectivity index (χ4v) is 3.92. The third kappa shape index (κ3) is 5.00. The molecule has 0 unspecified atom stereocenters. The van der Waals surface area contributed by atoms with Crippen molar-refractivity contribution in [2.75, 3.05) is 19.0 Å². The van der Waals surface area contributed by atoms with Gasteiger partial charge in [0.1, 0.15) is 5.75 Å². The van der Waals surface area contributed by atoms with Gasteiger partial charge in [-0.15, -0.1) is 11.3 Å². The van der Waals surface area contributed by atoms with Crippen LogP contribution in [0.1, 0.15) is 34.5 Å². The molecule has 146 valence electrons. The number of hydrogen-bond acceptors (Lipinski definition) is 4. The average Bonchev–Trinajstić information content (AvgIpc) is 3.23. The standard InChI is InChI=1S/C23H26N2O2S/c1-4-17-8-10-18(11-9-17)23(21-6-5-13-28-21)24-15-22(26)25-19-14-16(2)7-12-20(19)27-3/h5-14,23-24H,4,15H2,1-3H3,(H,25,26)/t23-/m0/s1. The van der Waals surface area contributed by atoms with Gasteiger partial charge in [-0.2, -0.15) is 0 Å². The van der Waals surface area contributed by atoms with Crippen LogP contribution in [0.2, 0.25) is 0 Å². The van der Waals surface area contributed by atoms with E-state index in [1.165, 1.54) is 10.4 Å². The predicted octanol–water partition coefficient (Wildman–Crippen LogP) is 4.95. The summed E-state index contributed by atoms with van der Waals surface area (Å²) in [4.78, 5) is 13.8. The Labute approximate surface area is 170 Å². The molecule has 2 N–H and O–H groups in total. The number of aryl methyl sites for hydroxylation is 2. The minimum absolute atomic E-state index is 0.0175. The van der Waals surface area contributed by atoms with E-state index in [9.17, 15) is 4.79 Å². The van der Waals surface area contributed by atoms with E-state index in [-0.39, 0.29) is 18.5 Å². The Hall–Kier alpha value is -2.63. The van der Waals surface area contributed by atoms with Crippen molar-refractivity contribution in [3.8, 4) is 5.75 Å². The third-order valence-electron chi connectivity index (χ3n) is 4.64. The Morgan fingerprint density at radius 1 is 1.14 bits per heavy atom. The van der Waals surface area contributed by atoms with Gasteiger partial charge in [-0.3, -0.25) is 10.1 Å². The molecule has 0 aliphatic heterocycles. The van der Waals surface area contributed by atoms with Gasteiger partial charge in [0.15, 0.2) is 0 Å². The summed E-state index contributed by atoms with van der Waals surface area (Å²) in [6, 6.07) is 18.4. The molecule has 0 aliphatic carbocycles. The summed E-state index contributed by atoms with van der Waals surface area (Å²) < 4.78 is 5.34. The summed E-state index contributed by atoms with van der Waals surface area (Å²) >= 11 is 1.69. The van der Waals surface area contributed by atoms with Crippen molar-refractivity contribution in [1.29, 1.82) is 0 Å². The second kappa shape index (κ2) is 9.53. The van der Waals surface area contributed by atoms with Gasteiger partial charge in [-0.25, -0.2) is 0 Å². The Kier molecular flexibility index (Phi) is 6.85. The summed E-state index contributed by atoms with van der Waals surface area (Å²) in [5, 5.41) is 8.41. The summed E-state index contributed by atoms with van der Waals surface area (Å²) in [5.41, 5.74) is 4.21. The highest BCUT2D eigenvalue weighted by atomic mass is 32.1. The first-order valence-electron chi connectivity index (χ1n) is 9.40. The molecule has 0 spiro atoms. The smallest absolute Gasteiger partial charge is 0.238 e. The van der Waals surface area contributed by atoms with Crippen LogP contribution in [0.15, 0.2) is 60.0 Å². The lowest BCUT2D eigenvalue weighted by molar-refractivity contribution is -0.115. The molecule has 0 saturated carbocycles. The molecule has 1 aromatic heterocycles. The largest absolute Gasteiger partial charge is 0.495 e. The molecule has 1 heterocycles. The average molecular weight is 395 g/mol. The van der Waals surface area contributed by atoms with Crippen LogP contribution in [0.25, 0.3) is 0 Å². The van der Waals surface area contributed by atoms with E-state index in [0.717, 1.165) is 17.5 Å². The molecule has 0 saturated heterocycles. The van der Waals surface area contributed by atoms with Crippen LogP contribution in [0, 0.1) is 6.92 Å². The highest BCUT2D eigenvalue weighted by Gasteiger charge is 2.17. The predicted molar refractivity (Wildman–Crippen MR) is 116 cm³/mol. The zero-order chi connectivity index (χ0) is 19.9. The first-order valence-corrected chi connectivity index (χ1v) is 10.3. The number of methoxy groups -OCH3 is 1. The van der Waals surface area contributed by atoms with E-state index in [4.69, 9.17) is 4.74 Å². The van der Waals surface area contributed by atoms with Crippen LogP contribution in [0.5, 0.6) is 5.75 Å². The maximum Gasteiger partial charge on any atom is 0.238 e. The maximum atomic E-state index is 12.6. The highest BCUT2D eigenvalue weighted by Crippen LogP contribution is 2.27. The molecule has 4 nitrogen and oxygen atoms in total. The van der Waals surface area contributed by atoms with Gasteiger partial charge in [0.05, 0.1) is 25.4 Å². The number of ether oxygens (including phenoxy) is 1. The van der Waals surface area contributed by atoms with Crippen LogP contribution >= 0.6 is 11.3 Å². The van der Waals surface area contributed by atoms with Crippen molar-refractivity contribution in [2.45, 2.75) is 26.3 Å². The molecule has 0 bridgehead atoms. The van der Waals surface area contributed by atoms with E-state index in [0.29, 0.717) is 11.4 Å². The second-order valence-corrected chi connectivity index (χ2v) is 7.66. The number of thiophene rings is 1. The lowest BCUT2D eigenvalue weighted by atomic mass is 10.0. The van der Waals surface area contributed by atoms with Gasteiger partial charge in [0, 0.05) is 4.88 Å². The normalized spacial score (nSPS) is 11.8. The van der Waals surface area contributed by atoms with Crippen LogP contribution in [0.4, 0.5) is 5.69 Å². The molecule has 28 heavy (non-hydrogen) atoms. The molecule has 1 atom stereocenters. The minimum Gasteiger partial charge on any atom is -0.495 e. The second-order valence-electron chi connectivity index (χ2n) is 6.68. The summed E-state index contributed by atoms with van der Waals surface area (Å²) in [6.07, 6.45) is 1.01. The van der Waals surface area contributed by atoms with Crippen molar-refractivity contribution in [3.63, 3.8) is 0 Å². The number of anilines is 1. The zero-order valence-electron chi connectivity index (χ0n) is 16.5. The van der Waals surface area contributed by atoms with E-state index in [1.807, 2.05) is 31.2 Å². The monoisotopic (exact) mass is 394 g/mol. The molecule has 1 amide bonds. The molecule has 2 aromatic carbocycles. The van der Waals surface area contributed by atoms with Gasteiger partial charge < -0.3 is 10.1 Å². The Morgan fingerprint density at radius 3 is 2.57 bits per heavy atom. The number of benzene rings is 2. The van der Waals surface area contributed by atoms with Crippen molar-refractivity contribution in [1.82, 2.24) is 5.32 Å². The quantitative estimate of drug-likeness (QED) is 0.569. The van der Waals surface area contributed by atoms with E-state index < -0.39 is 0 Å². The Balaban J connectivity index is 1.71. The van der Waals surface area contributed by atoms with Crippen molar-refractivity contribution >= 4 is 22.9 Å². The molecule has 0 aliphatic rings. The molecule has 3 aromatic rings. The number of rotatable bonds is 8. The van der Waals surface area contributed by atoms with Crippen molar-refractivity contribution in [2.24, 2.45) is 0 Å². The van der Waals surface area contributed by atoms with E-state index >= 15 is 0 Å². The number of hydrogen-bond donors (Lipinski definition) is 2. The van der Waals surface area contributed by atoms with Gasteiger partial charge in [-0.1, -0.05) is 43.3 Å². The minimum atomic E-state index is -0.101. The fourth-order valence-electron chi connectivity index (χ4n) is 3.09. The molecule has 3 rings (SSSR count). The summed E-state index contributed by atoms with van der Waals surface area (Å²) in [7, 11) is 1.60. The van der Waals surface area contributed by atoms with E-state index in [2.05, 4.69) is 53.3 Å². The first-order chi connectivity index (χ1) is 13.6. The van der Waals surface area contributed by atoms with Crippen LogP contribution in [-0.4, -0.2) is 19.6 Å². The van der Waals surface area contributed by atoms with Gasteiger partial charge in [0.25, 0.3) is 0 Å². The summed E-state index contributed by atoms with van der Waals surface area (Å²) in [6.45, 7) is 4.34. The molecule has 0 radical (unpaired) electrons. The van der Waals surface area contributed by atoms with Gasteiger partial charge in [-0.05, 0) is 53.6 Å². The Bertz CT molecular complexity index is 905. The number of amides is 1. The fraction of sp³-hybridized carbons (Fsp3) is 0.261. The molecular weight excluding hydrogens is 368 g/mol. The third-order valence-corrected chi connectivity index (χ3v) is 5.58. The molecule has 5 heteroatoms.